The number of fused-ring (bicyclic) bond motifs is 4. The van der Waals surface area contributed by atoms with E-state index in [0.717, 1.165) is 42.0 Å². The maximum atomic E-state index is 13.0. The molecule has 29 heavy (non-hydrogen) atoms. The predicted molar refractivity (Wildman–Crippen MR) is 114 cm³/mol. The molecule has 4 rings (SSSR count). The fraction of sp³-hybridized carbons (Fsp3) is 0.500. The Morgan fingerprint density at radius 3 is 2.55 bits per heavy atom. The molecule has 2 aliphatic heterocycles. The van der Waals surface area contributed by atoms with Crippen LogP contribution in [0.15, 0.2) is 30.3 Å². The van der Waals surface area contributed by atoms with Gasteiger partial charge in [-0.05, 0) is 45.7 Å². The summed E-state index contributed by atoms with van der Waals surface area (Å²) >= 11 is 0. The van der Waals surface area contributed by atoms with Crippen molar-refractivity contribution in [2.24, 2.45) is 0 Å². The largest absolute Gasteiger partial charge is 0.444 e. The van der Waals surface area contributed by atoms with Crippen LogP contribution >= 0.6 is 0 Å². The van der Waals surface area contributed by atoms with Gasteiger partial charge in [0.2, 0.25) is 5.95 Å². The van der Waals surface area contributed by atoms with E-state index in [-0.39, 0.29) is 18.2 Å². The van der Waals surface area contributed by atoms with Gasteiger partial charge in [0.25, 0.3) is 0 Å². The van der Waals surface area contributed by atoms with Crippen molar-refractivity contribution in [2.45, 2.75) is 57.7 Å². The first-order chi connectivity index (χ1) is 13.7. The molecule has 1 amide bonds. The molecule has 1 saturated heterocycles. The zero-order valence-electron chi connectivity index (χ0n) is 17.8. The van der Waals surface area contributed by atoms with Crippen LogP contribution in [-0.4, -0.2) is 46.7 Å². The Balaban J connectivity index is 1.75. The van der Waals surface area contributed by atoms with E-state index >= 15 is 0 Å². The summed E-state index contributed by atoms with van der Waals surface area (Å²) < 4.78 is 5.71. The fourth-order valence-corrected chi connectivity index (χ4v) is 4.14. The smallest absolute Gasteiger partial charge is 0.411 e. The van der Waals surface area contributed by atoms with E-state index in [1.165, 1.54) is 0 Å². The predicted octanol–water partition coefficient (Wildman–Crippen LogP) is 4.28. The van der Waals surface area contributed by atoms with E-state index in [1.54, 1.807) is 0 Å². The van der Waals surface area contributed by atoms with Gasteiger partial charge in [-0.25, -0.2) is 9.78 Å². The Bertz CT molecular complexity index is 907. The summed E-state index contributed by atoms with van der Waals surface area (Å²) in [6.45, 7) is 5.71. The Kier molecular flexibility index (Phi) is 4.84. The molecule has 0 saturated carbocycles. The minimum absolute atomic E-state index is 0.0685. The van der Waals surface area contributed by atoms with Crippen molar-refractivity contribution < 1.29 is 9.53 Å². The number of benzene rings is 1. The fourth-order valence-electron chi connectivity index (χ4n) is 4.14. The highest BCUT2D eigenvalue weighted by Crippen LogP contribution is 2.47. The van der Waals surface area contributed by atoms with Crippen LogP contribution in [0.25, 0.3) is 0 Å². The van der Waals surface area contributed by atoms with Crippen molar-refractivity contribution >= 4 is 23.5 Å². The lowest BCUT2D eigenvalue weighted by Gasteiger charge is -2.37. The quantitative estimate of drug-likeness (QED) is 0.836. The third-order valence-electron chi connectivity index (χ3n) is 5.32. The zero-order valence-corrected chi connectivity index (χ0v) is 17.8. The number of carbonyl (C=O) groups is 1. The Morgan fingerprint density at radius 1 is 1.17 bits per heavy atom. The van der Waals surface area contributed by atoms with Crippen LogP contribution in [0.3, 0.4) is 0 Å². The van der Waals surface area contributed by atoms with Gasteiger partial charge < -0.3 is 15.0 Å². The monoisotopic (exact) mass is 395 g/mol. The van der Waals surface area contributed by atoms with Crippen molar-refractivity contribution in [1.82, 2.24) is 14.9 Å². The number of hydrogen-bond acceptors (Lipinski definition) is 6. The summed E-state index contributed by atoms with van der Waals surface area (Å²) in [6, 6.07) is 10.0. The van der Waals surface area contributed by atoms with Crippen LogP contribution in [0.4, 0.5) is 22.2 Å². The lowest BCUT2D eigenvalue weighted by Crippen LogP contribution is -2.45. The van der Waals surface area contributed by atoms with E-state index in [1.807, 2.05) is 75.0 Å². The number of amides is 1. The summed E-state index contributed by atoms with van der Waals surface area (Å²) in [5.41, 5.74) is 2.48. The molecule has 1 aromatic heterocycles. The Morgan fingerprint density at radius 2 is 1.90 bits per heavy atom. The maximum Gasteiger partial charge on any atom is 0.411 e. The minimum atomic E-state index is -0.521. The summed E-state index contributed by atoms with van der Waals surface area (Å²) in [5, 5.41) is 3.46. The molecule has 2 aromatic rings. The number of carbonyl (C=O) groups excluding carboxylic acids is 1. The standard InChI is InChI=1S/C22H29N5O2/c1-22(2,3)29-21(28)27-15-11-12-17(27)18-16(13-15)24-20(26(4)5)25-19(18)23-14-9-7-6-8-10-14/h6-10,15,17H,11-13H2,1-5H3,(H,23,24,25)/t15-,17+/m1/s1. The molecule has 2 atom stereocenters. The molecule has 0 aliphatic carbocycles. The van der Waals surface area contributed by atoms with Crippen LogP contribution in [0.5, 0.6) is 0 Å². The van der Waals surface area contributed by atoms with Crippen molar-refractivity contribution in [3.8, 4) is 0 Å². The van der Waals surface area contributed by atoms with Crippen LogP contribution < -0.4 is 10.2 Å². The van der Waals surface area contributed by atoms with Gasteiger partial charge >= 0.3 is 6.09 Å². The molecular formula is C22H29N5O2. The average Bonchev–Trinajstić information content (AvgIpc) is 2.95. The summed E-state index contributed by atoms with van der Waals surface area (Å²) in [6.07, 6.45) is 2.31. The topological polar surface area (TPSA) is 70.6 Å². The van der Waals surface area contributed by atoms with E-state index in [2.05, 4.69) is 5.32 Å². The van der Waals surface area contributed by atoms with Gasteiger partial charge in [0.15, 0.2) is 0 Å². The molecule has 2 bridgehead atoms. The van der Waals surface area contributed by atoms with Crippen molar-refractivity contribution in [1.29, 1.82) is 0 Å². The minimum Gasteiger partial charge on any atom is -0.444 e. The molecule has 1 fully saturated rings. The zero-order chi connectivity index (χ0) is 20.8. The highest BCUT2D eigenvalue weighted by atomic mass is 16.6. The second kappa shape index (κ2) is 7.21. The molecule has 0 spiro atoms. The number of nitrogens with zero attached hydrogens (tertiary/aromatic N) is 4. The molecule has 1 N–H and O–H groups in total. The van der Waals surface area contributed by atoms with Crippen molar-refractivity contribution in [2.75, 3.05) is 24.3 Å². The molecule has 0 radical (unpaired) electrons. The lowest BCUT2D eigenvalue weighted by atomic mass is 9.98. The highest BCUT2D eigenvalue weighted by Gasteiger charge is 2.46. The average molecular weight is 396 g/mol. The lowest BCUT2D eigenvalue weighted by molar-refractivity contribution is 0.0123. The van der Waals surface area contributed by atoms with Gasteiger partial charge in [0.1, 0.15) is 11.4 Å². The van der Waals surface area contributed by atoms with Crippen molar-refractivity contribution in [3.63, 3.8) is 0 Å². The van der Waals surface area contributed by atoms with Gasteiger partial charge in [-0.2, -0.15) is 4.98 Å². The number of nitrogens with one attached hydrogen (secondary N) is 1. The first-order valence-corrected chi connectivity index (χ1v) is 10.1. The first-order valence-electron chi connectivity index (χ1n) is 10.1. The van der Waals surface area contributed by atoms with Gasteiger partial charge in [-0.1, -0.05) is 18.2 Å². The van der Waals surface area contributed by atoms with Gasteiger partial charge in [0.05, 0.1) is 11.7 Å². The van der Waals surface area contributed by atoms with Gasteiger partial charge in [-0.3, -0.25) is 4.90 Å². The van der Waals surface area contributed by atoms with Crippen LogP contribution in [0.1, 0.15) is 50.9 Å². The molecule has 2 aliphatic rings. The maximum absolute atomic E-state index is 13.0. The SMILES string of the molecule is CN(C)c1nc2c(c(Nc3ccccc3)n1)[C@@H]1CC[C@H](C2)N1C(=O)OC(C)(C)C. The number of para-hydroxylation sites is 1. The van der Waals surface area contributed by atoms with Crippen molar-refractivity contribution in [3.05, 3.63) is 41.6 Å². The van der Waals surface area contributed by atoms with E-state index in [0.29, 0.717) is 5.95 Å². The van der Waals surface area contributed by atoms with Crippen LogP contribution in [0, 0.1) is 0 Å². The molecule has 3 heterocycles. The third kappa shape index (κ3) is 3.86. The second-order valence-corrected chi connectivity index (χ2v) is 8.96. The molecule has 1 aromatic carbocycles. The molecule has 154 valence electrons. The summed E-state index contributed by atoms with van der Waals surface area (Å²) in [5.74, 6) is 1.44. The number of aromatic nitrogens is 2. The van der Waals surface area contributed by atoms with Gasteiger partial charge in [0, 0.05) is 37.8 Å². The first kappa shape index (κ1) is 19.5. The molecule has 7 nitrogen and oxygen atoms in total. The van der Waals surface area contributed by atoms with E-state index in [4.69, 9.17) is 14.7 Å². The van der Waals surface area contributed by atoms with Gasteiger partial charge in [-0.15, -0.1) is 0 Å². The molecule has 7 heteroatoms. The molecule has 0 unspecified atom stereocenters. The Labute approximate surface area is 172 Å². The number of ether oxygens (including phenoxy) is 1. The highest BCUT2D eigenvalue weighted by molar-refractivity contribution is 5.72. The summed E-state index contributed by atoms with van der Waals surface area (Å²) in [7, 11) is 3.89. The van der Waals surface area contributed by atoms with Crippen LogP contribution in [-0.2, 0) is 11.2 Å². The number of anilines is 3. The number of hydrogen-bond donors (Lipinski definition) is 1. The second-order valence-electron chi connectivity index (χ2n) is 8.96. The normalized spacial score (nSPS) is 20.2. The number of rotatable bonds is 3. The Hall–Kier alpha value is -2.83. The molecular weight excluding hydrogens is 366 g/mol. The van der Waals surface area contributed by atoms with E-state index in [9.17, 15) is 4.79 Å². The van der Waals surface area contributed by atoms with Crippen LogP contribution in [0.2, 0.25) is 0 Å². The van der Waals surface area contributed by atoms with E-state index < -0.39 is 5.60 Å². The third-order valence-corrected chi connectivity index (χ3v) is 5.32. The summed E-state index contributed by atoms with van der Waals surface area (Å²) in [4.78, 5) is 26.4.